The van der Waals surface area contributed by atoms with E-state index in [0.29, 0.717) is 12.1 Å². The summed E-state index contributed by atoms with van der Waals surface area (Å²) in [5.74, 6) is 0.820. The molecule has 0 spiro atoms. The first-order valence-corrected chi connectivity index (χ1v) is 5.68. The molecule has 0 amide bonds. The highest BCUT2D eigenvalue weighted by molar-refractivity contribution is 5.56. The molecule has 2 rings (SSSR count). The number of aryl methyl sites for hydroxylation is 2. The highest BCUT2D eigenvalue weighted by Gasteiger charge is 2.16. The molecule has 0 unspecified atom stereocenters. The van der Waals surface area contributed by atoms with Crippen molar-refractivity contribution in [3.05, 3.63) is 41.3 Å². The minimum Gasteiger partial charge on any atom is -0.353 e. The summed E-state index contributed by atoms with van der Waals surface area (Å²) in [6.07, 6.45) is 1.77. The smallest absolute Gasteiger partial charge is 0.145 e. The Kier molecular flexibility index (Phi) is 3.28. The van der Waals surface area contributed by atoms with Gasteiger partial charge in [0, 0.05) is 20.3 Å². The molecule has 0 radical (unpaired) electrons. The Morgan fingerprint density at radius 2 is 2.22 bits per heavy atom. The number of nitriles is 1. The molecule has 0 bridgehead atoms. The summed E-state index contributed by atoms with van der Waals surface area (Å²) >= 11 is 0. The summed E-state index contributed by atoms with van der Waals surface area (Å²) in [7, 11) is 3.78. The van der Waals surface area contributed by atoms with E-state index in [0.717, 1.165) is 17.2 Å². The Morgan fingerprint density at radius 1 is 1.44 bits per heavy atom. The van der Waals surface area contributed by atoms with Crippen molar-refractivity contribution >= 4 is 5.82 Å². The first kappa shape index (κ1) is 12.1. The average molecular weight is 241 g/mol. The van der Waals surface area contributed by atoms with Crippen molar-refractivity contribution in [3.63, 3.8) is 0 Å². The molecule has 5 nitrogen and oxygen atoms in total. The van der Waals surface area contributed by atoms with Gasteiger partial charge in [0.2, 0.25) is 0 Å². The summed E-state index contributed by atoms with van der Waals surface area (Å²) in [5, 5.41) is 13.5. The van der Waals surface area contributed by atoms with Gasteiger partial charge in [0.15, 0.2) is 0 Å². The van der Waals surface area contributed by atoms with Gasteiger partial charge in [-0.25, -0.2) is 0 Å². The van der Waals surface area contributed by atoms with E-state index in [1.165, 1.54) is 0 Å². The molecule has 5 heteroatoms. The van der Waals surface area contributed by atoms with Gasteiger partial charge >= 0.3 is 0 Å². The highest BCUT2D eigenvalue weighted by Crippen LogP contribution is 2.22. The molecule has 0 N–H and O–H groups in total. The van der Waals surface area contributed by atoms with Crippen LogP contribution < -0.4 is 4.90 Å². The van der Waals surface area contributed by atoms with E-state index in [-0.39, 0.29) is 0 Å². The van der Waals surface area contributed by atoms with Crippen LogP contribution in [0.15, 0.2) is 24.4 Å². The van der Waals surface area contributed by atoms with Crippen molar-refractivity contribution in [2.75, 3.05) is 11.9 Å². The fraction of sp³-hybridized carbons (Fsp3) is 0.308. The quantitative estimate of drug-likeness (QED) is 0.819. The van der Waals surface area contributed by atoms with Crippen molar-refractivity contribution in [2.45, 2.75) is 13.5 Å². The molecule has 0 saturated carbocycles. The van der Waals surface area contributed by atoms with Gasteiger partial charge in [-0.15, -0.1) is 0 Å². The average Bonchev–Trinajstić information content (AvgIpc) is 2.64. The molecule has 0 saturated heterocycles. The Hall–Kier alpha value is -2.35. The number of anilines is 1. The zero-order valence-corrected chi connectivity index (χ0v) is 10.8. The van der Waals surface area contributed by atoms with E-state index >= 15 is 0 Å². The molecule has 92 valence electrons. The highest BCUT2D eigenvalue weighted by atomic mass is 15.4. The third kappa shape index (κ3) is 2.18. The van der Waals surface area contributed by atoms with E-state index in [9.17, 15) is 5.26 Å². The van der Waals surface area contributed by atoms with Crippen LogP contribution in [-0.4, -0.2) is 21.8 Å². The predicted octanol–water partition coefficient (Wildman–Crippen LogP) is 1.63. The SMILES string of the molecule is Cc1nn(C)c(N(C)Cc2ccccn2)c1C#N. The molecule has 0 fully saturated rings. The molecule has 0 aliphatic carbocycles. The topological polar surface area (TPSA) is 57.7 Å². The van der Waals surface area contributed by atoms with E-state index < -0.39 is 0 Å². The third-order valence-electron chi connectivity index (χ3n) is 2.79. The maximum atomic E-state index is 9.18. The van der Waals surface area contributed by atoms with Crippen LogP contribution in [0.4, 0.5) is 5.82 Å². The summed E-state index contributed by atoms with van der Waals surface area (Å²) in [5.41, 5.74) is 2.33. The van der Waals surface area contributed by atoms with Crippen LogP contribution in [0.25, 0.3) is 0 Å². The molecular formula is C13H15N5. The van der Waals surface area contributed by atoms with Crippen LogP contribution in [0.3, 0.4) is 0 Å². The Morgan fingerprint density at radius 3 is 2.83 bits per heavy atom. The lowest BCUT2D eigenvalue weighted by Crippen LogP contribution is -2.20. The van der Waals surface area contributed by atoms with E-state index in [1.54, 1.807) is 10.9 Å². The molecule has 0 aliphatic rings. The van der Waals surface area contributed by atoms with Crippen LogP contribution in [0, 0.1) is 18.3 Å². The van der Waals surface area contributed by atoms with Gasteiger partial charge in [-0.05, 0) is 19.1 Å². The fourth-order valence-electron chi connectivity index (χ4n) is 2.02. The van der Waals surface area contributed by atoms with E-state index in [2.05, 4.69) is 16.2 Å². The fourth-order valence-corrected chi connectivity index (χ4v) is 2.02. The van der Waals surface area contributed by atoms with Crippen molar-refractivity contribution in [1.82, 2.24) is 14.8 Å². The maximum Gasteiger partial charge on any atom is 0.145 e. The van der Waals surface area contributed by atoms with Gasteiger partial charge in [0.05, 0.1) is 17.9 Å². The van der Waals surface area contributed by atoms with Gasteiger partial charge in [-0.1, -0.05) is 6.07 Å². The normalized spacial score (nSPS) is 10.1. The predicted molar refractivity (Wildman–Crippen MR) is 69.0 cm³/mol. The summed E-state index contributed by atoms with van der Waals surface area (Å²) in [4.78, 5) is 6.27. The van der Waals surface area contributed by atoms with Crippen molar-refractivity contribution in [3.8, 4) is 6.07 Å². The van der Waals surface area contributed by atoms with Crippen LogP contribution in [-0.2, 0) is 13.6 Å². The first-order chi connectivity index (χ1) is 8.63. The minimum absolute atomic E-state index is 0.621. The van der Waals surface area contributed by atoms with Crippen LogP contribution >= 0.6 is 0 Å². The van der Waals surface area contributed by atoms with Crippen LogP contribution in [0.5, 0.6) is 0 Å². The van der Waals surface area contributed by atoms with Crippen molar-refractivity contribution in [1.29, 1.82) is 5.26 Å². The molecule has 0 aromatic carbocycles. The lowest BCUT2D eigenvalue weighted by molar-refractivity contribution is 0.723. The zero-order chi connectivity index (χ0) is 13.1. The van der Waals surface area contributed by atoms with Crippen molar-refractivity contribution < 1.29 is 0 Å². The van der Waals surface area contributed by atoms with Crippen LogP contribution in [0.2, 0.25) is 0 Å². The first-order valence-electron chi connectivity index (χ1n) is 5.68. The lowest BCUT2D eigenvalue weighted by Gasteiger charge is -2.19. The molecule has 2 heterocycles. The number of hydrogen-bond acceptors (Lipinski definition) is 4. The molecule has 0 aliphatic heterocycles. The maximum absolute atomic E-state index is 9.18. The number of aromatic nitrogens is 3. The zero-order valence-electron chi connectivity index (χ0n) is 10.8. The molecule has 18 heavy (non-hydrogen) atoms. The number of rotatable bonds is 3. The molecule has 2 aromatic rings. The van der Waals surface area contributed by atoms with E-state index in [1.807, 2.05) is 44.1 Å². The molecular weight excluding hydrogens is 226 g/mol. The number of nitrogens with zero attached hydrogens (tertiary/aromatic N) is 5. The third-order valence-corrected chi connectivity index (χ3v) is 2.79. The van der Waals surface area contributed by atoms with Gasteiger partial charge in [0.1, 0.15) is 17.5 Å². The Balaban J connectivity index is 2.30. The van der Waals surface area contributed by atoms with Crippen LogP contribution in [0.1, 0.15) is 17.0 Å². The summed E-state index contributed by atoms with van der Waals surface area (Å²) < 4.78 is 1.73. The van der Waals surface area contributed by atoms with Gasteiger partial charge in [0.25, 0.3) is 0 Å². The monoisotopic (exact) mass is 241 g/mol. The standard InChI is InChI=1S/C13H15N5/c1-10-12(8-14)13(18(3)16-10)17(2)9-11-6-4-5-7-15-11/h4-7H,9H2,1-3H3. The van der Waals surface area contributed by atoms with Crippen molar-refractivity contribution in [2.24, 2.45) is 7.05 Å². The van der Waals surface area contributed by atoms with Gasteiger partial charge in [-0.3, -0.25) is 9.67 Å². The second-order valence-corrected chi connectivity index (χ2v) is 4.20. The lowest BCUT2D eigenvalue weighted by atomic mass is 10.2. The van der Waals surface area contributed by atoms with Gasteiger partial charge in [-0.2, -0.15) is 10.4 Å². The Labute approximate surface area is 106 Å². The second-order valence-electron chi connectivity index (χ2n) is 4.20. The second kappa shape index (κ2) is 4.88. The molecule has 0 atom stereocenters. The van der Waals surface area contributed by atoms with E-state index in [4.69, 9.17) is 0 Å². The Bertz CT molecular complexity index is 579. The van der Waals surface area contributed by atoms with Gasteiger partial charge < -0.3 is 4.90 Å². The summed E-state index contributed by atoms with van der Waals surface area (Å²) in [6.45, 7) is 2.49. The molecule has 2 aromatic heterocycles. The minimum atomic E-state index is 0.621. The largest absolute Gasteiger partial charge is 0.353 e. The summed E-state index contributed by atoms with van der Waals surface area (Å²) in [6, 6.07) is 8.01. The number of hydrogen-bond donors (Lipinski definition) is 0. The number of pyridine rings is 1.